The summed E-state index contributed by atoms with van der Waals surface area (Å²) in [6, 6.07) is 20.5. The first-order valence-electron chi connectivity index (χ1n) is 6.26. The van der Waals surface area contributed by atoms with E-state index in [0.29, 0.717) is 0 Å². The Morgan fingerprint density at radius 1 is 0.727 bits per heavy atom. The molecule has 0 bridgehead atoms. The third-order valence-corrected chi connectivity index (χ3v) is 3.12. The summed E-state index contributed by atoms with van der Waals surface area (Å²) in [5, 5.41) is 1.22. The summed E-state index contributed by atoms with van der Waals surface area (Å²) >= 11 is 0. The number of rotatable bonds is 0. The van der Waals surface area contributed by atoms with Gasteiger partial charge in [-0.2, -0.15) is 0 Å². The molecule has 4 aromatic rings. The molecule has 0 aliphatic rings. The summed E-state index contributed by atoms with van der Waals surface area (Å²) in [6.07, 6.45) is 0. The Hall–Kier alpha value is -2.22. The lowest BCUT2D eigenvalue weighted by molar-refractivity contribution is -2.00. The zero-order chi connectivity index (χ0) is 15.7. The highest BCUT2D eigenvalue weighted by Crippen LogP contribution is 2.18. The molecule has 4 rings (SSSR count). The molecule has 2 aromatic heterocycles. The first-order valence-corrected chi connectivity index (χ1v) is 7.50. The van der Waals surface area contributed by atoms with Crippen molar-refractivity contribution in [1.29, 1.82) is 0 Å². The van der Waals surface area contributed by atoms with Gasteiger partial charge in [-0.15, -0.1) is 14.6 Å². The molecule has 0 fully saturated rings. The minimum absolute atomic E-state index is 0.880. The summed E-state index contributed by atoms with van der Waals surface area (Å²) in [6.45, 7) is 0. The molecule has 2 aromatic carbocycles. The summed E-state index contributed by atoms with van der Waals surface area (Å²) in [7, 11) is -4.94. The number of fused-ring (bicyclic) bond motifs is 5. The number of benzene rings is 2. The van der Waals surface area contributed by atoms with Gasteiger partial charge < -0.3 is 4.42 Å². The second kappa shape index (κ2) is 5.53. The molecule has 0 unspecified atom stereocenters. The van der Waals surface area contributed by atoms with Crippen LogP contribution < -0.4 is 23.0 Å². The van der Waals surface area contributed by atoms with Gasteiger partial charge in [0.15, 0.2) is 0 Å². The molecule has 112 valence electrons. The first kappa shape index (κ1) is 14.7. The van der Waals surface area contributed by atoms with E-state index in [4.69, 9.17) is 23.1 Å². The smallest absolute Gasteiger partial charge is 0.380 e. The Labute approximate surface area is 126 Å². The number of pyridine rings is 1. The van der Waals surface area contributed by atoms with Gasteiger partial charge in [-0.1, -0.05) is 24.3 Å². The van der Waals surface area contributed by atoms with Crippen molar-refractivity contribution in [3.8, 4) is 0 Å². The van der Waals surface area contributed by atoms with Gasteiger partial charge in [-0.3, -0.25) is 0 Å². The van der Waals surface area contributed by atoms with Crippen LogP contribution in [0.15, 0.2) is 65.1 Å². The highest BCUT2D eigenvalue weighted by atomic mass is 35.7. The second-order valence-corrected chi connectivity index (χ2v) is 5.27. The van der Waals surface area contributed by atoms with Crippen LogP contribution in [0.4, 0.5) is 0 Å². The standard InChI is InChI=1S/C15H10NO.ClHO4/c1-2-6-12-11(5-1)9-10-15-16(12)13-7-3-4-8-14(13)17-15;2-1(3,4)5/h1-10H;(H,2,3,4,5)/q+1;/p-1. The van der Waals surface area contributed by atoms with Gasteiger partial charge in [-0.05, 0) is 18.2 Å². The maximum absolute atomic E-state index is 8.49. The highest BCUT2D eigenvalue weighted by Gasteiger charge is 2.17. The van der Waals surface area contributed by atoms with Crippen molar-refractivity contribution in [2.75, 3.05) is 0 Å². The van der Waals surface area contributed by atoms with Crippen molar-refractivity contribution in [2.45, 2.75) is 0 Å². The van der Waals surface area contributed by atoms with E-state index in [1.54, 1.807) is 0 Å². The second-order valence-electron chi connectivity index (χ2n) is 4.51. The number of oxazole rings is 1. The number of halogens is 1. The predicted octanol–water partition coefficient (Wildman–Crippen LogP) is -1.43. The van der Waals surface area contributed by atoms with Crippen molar-refractivity contribution < 1.29 is 37.7 Å². The molecule has 0 saturated heterocycles. The fraction of sp³-hybridized carbons (Fsp3) is 0. The minimum atomic E-state index is -4.94. The molecule has 7 heteroatoms. The van der Waals surface area contributed by atoms with Crippen LogP contribution in [0.5, 0.6) is 0 Å². The van der Waals surface area contributed by atoms with Crippen LogP contribution in [0, 0.1) is 10.2 Å². The van der Waals surface area contributed by atoms with Crippen LogP contribution >= 0.6 is 0 Å². The van der Waals surface area contributed by atoms with E-state index in [0.717, 1.165) is 16.8 Å². The lowest BCUT2D eigenvalue weighted by atomic mass is 10.2. The third-order valence-electron chi connectivity index (χ3n) is 3.12. The van der Waals surface area contributed by atoms with E-state index in [1.807, 2.05) is 24.3 Å². The molecule has 22 heavy (non-hydrogen) atoms. The predicted molar refractivity (Wildman–Crippen MR) is 66.9 cm³/mol. The van der Waals surface area contributed by atoms with Gasteiger partial charge in [0.2, 0.25) is 11.1 Å². The normalized spacial score (nSPS) is 11.6. The van der Waals surface area contributed by atoms with Crippen molar-refractivity contribution in [3.63, 3.8) is 0 Å². The number of hydrogen-bond acceptors (Lipinski definition) is 5. The Morgan fingerprint density at radius 2 is 1.32 bits per heavy atom. The Balaban J connectivity index is 0.000000254. The van der Waals surface area contributed by atoms with Crippen LogP contribution in [0.1, 0.15) is 0 Å². The van der Waals surface area contributed by atoms with Crippen molar-refractivity contribution >= 4 is 27.7 Å². The lowest BCUT2D eigenvalue weighted by Gasteiger charge is -2.17. The molecule has 0 amide bonds. The maximum Gasteiger partial charge on any atom is 0.380 e. The highest BCUT2D eigenvalue weighted by molar-refractivity contribution is 5.80. The van der Waals surface area contributed by atoms with E-state index in [9.17, 15) is 0 Å². The topological polar surface area (TPSA) is 109 Å². The molecule has 0 radical (unpaired) electrons. The SMILES string of the molecule is [O-][Cl+3]([O-])([O-])[O-].c1ccc2c(c1)ccc1oc3ccccc3[n+]12. The summed E-state index contributed by atoms with van der Waals surface area (Å²) in [5.41, 5.74) is 4.09. The fourth-order valence-electron chi connectivity index (χ4n) is 2.36. The minimum Gasteiger partial charge on any atom is -0.398 e. The van der Waals surface area contributed by atoms with Gasteiger partial charge in [0, 0.05) is 17.5 Å². The van der Waals surface area contributed by atoms with Crippen LogP contribution in [0.25, 0.3) is 27.7 Å². The van der Waals surface area contributed by atoms with Crippen molar-refractivity contribution in [2.24, 2.45) is 0 Å². The molecular weight excluding hydrogens is 310 g/mol. The zero-order valence-corrected chi connectivity index (χ0v) is 11.9. The van der Waals surface area contributed by atoms with Crippen LogP contribution in [0.2, 0.25) is 0 Å². The van der Waals surface area contributed by atoms with Crippen LogP contribution in [0.3, 0.4) is 0 Å². The Morgan fingerprint density at radius 3 is 2.05 bits per heavy atom. The van der Waals surface area contributed by atoms with Crippen molar-refractivity contribution in [1.82, 2.24) is 0 Å². The molecule has 0 N–H and O–H groups in total. The van der Waals surface area contributed by atoms with Crippen LogP contribution in [-0.2, 0) is 0 Å². The van der Waals surface area contributed by atoms with Gasteiger partial charge >= 0.3 is 5.71 Å². The van der Waals surface area contributed by atoms with Crippen LogP contribution in [-0.4, -0.2) is 0 Å². The average molecular weight is 320 g/mol. The third kappa shape index (κ3) is 3.01. The van der Waals surface area contributed by atoms with E-state index >= 15 is 0 Å². The number of para-hydroxylation sites is 3. The van der Waals surface area contributed by atoms with E-state index in [-0.39, 0.29) is 0 Å². The first-order chi connectivity index (χ1) is 10.4. The summed E-state index contributed by atoms with van der Waals surface area (Å²) in [5.74, 6) is 0. The molecule has 0 atom stereocenters. The molecule has 6 nitrogen and oxygen atoms in total. The van der Waals surface area contributed by atoms with Gasteiger partial charge in [0.25, 0.3) is 5.52 Å². The van der Waals surface area contributed by atoms with Gasteiger partial charge in [0.1, 0.15) is 0 Å². The quantitative estimate of drug-likeness (QED) is 0.369. The largest absolute Gasteiger partial charge is 0.398 e. The number of aromatic nitrogens is 1. The summed E-state index contributed by atoms with van der Waals surface area (Å²) in [4.78, 5) is 0. The molecule has 2 heterocycles. The zero-order valence-electron chi connectivity index (χ0n) is 11.1. The van der Waals surface area contributed by atoms with Gasteiger partial charge in [0.05, 0.1) is 6.07 Å². The van der Waals surface area contributed by atoms with Gasteiger partial charge in [-0.25, -0.2) is 18.6 Å². The molecule has 0 aliphatic heterocycles. The van der Waals surface area contributed by atoms with Crippen molar-refractivity contribution in [3.05, 3.63) is 60.7 Å². The summed E-state index contributed by atoms with van der Waals surface area (Å²) < 4.78 is 42.0. The Kier molecular flexibility index (Phi) is 3.69. The average Bonchev–Trinajstić information content (AvgIpc) is 2.84. The molecule has 0 spiro atoms. The monoisotopic (exact) mass is 319 g/mol. The molecular formula is C15H10ClNO5. The molecule has 0 aliphatic carbocycles. The number of hydrogen-bond donors (Lipinski definition) is 0. The Bertz CT molecular complexity index is 933. The number of nitrogens with zero attached hydrogens (tertiary/aromatic N) is 1. The lowest BCUT2D eigenvalue weighted by Crippen LogP contribution is -2.68. The fourth-order valence-corrected chi connectivity index (χ4v) is 2.36. The maximum atomic E-state index is 8.49. The molecule has 0 saturated carbocycles. The van der Waals surface area contributed by atoms with E-state index in [1.165, 1.54) is 10.9 Å². The van der Waals surface area contributed by atoms with E-state index < -0.39 is 10.2 Å². The van der Waals surface area contributed by atoms with E-state index in [2.05, 4.69) is 40.8 Å².